The van der Waals surface area contributed by atoms with Crippen LogP contribution in [0.25, 0.3) is 10.6 Å². The third-order valence-corrected chi connectivity index (χ3v) is 3.75. The molecule has 1 aromatic carbocycles. The van der Waals surface area contributed by atoms with Gasteiger partial charge in [-0.2, -0.15) is 0 Å². The van der Waals surface area contributed by atoms with Crippen molar-refractivity contribution in [2.24, 2.45) is 5.84 Å². The zero-order valence-electron chi connectivity index (χ0n) is 10.8. The molecular weight excluding hydrogens is 262 g/mol. The number of thiazole rings is 1. The number of hydrogen-bond donors (Lipinski definition) is 2. The first-order valence-corrected chi connectivity index (χ1v) is 6.69. The van der Waals surface area contributed by atoms with Crippen LogP contribution in [0.15, 0.2) is 24.3 Å². The van der Waals surface area contributed by atoms with E-state index in [1.165, 1.54) is 11.3 Å². The number of nitrogen functional groups attached to an aromatic ring is 1. The largest absolute Gasteiger partial charge is 0.494 e. The summed E-state index contributed by atoms with van der Waals surface area (Å²) in [5, 5.41) is 0.791. The van der Waals surface area contributed by atoms with Crippen LogP contribution in [0.3, 0.4) is 0 Å². The molecule has 0 bridgehead atoms. The lowest BCUT2D eigenvalue weighted by molar-refractivity contribution is 0.0957. The first-order valence-electron chi connectivity index (χ1n) is 5.87. The number of ether oxygens (including phenoxy) is 1. The van der Waals surface area contributed by atoms with E-state index in [4.69, 9.17) is 10.6 Å². The minimum absolute atomic E-state index is 0.313. The van der Waals surface area contributed by atoms with Crippen LogP contribution in [0.4, 0.5) is 0 Å². The maximum atomic E-state index is 11.5. The molecule has 1 aromatic heterocycles. The van der Waals surface area contributed by atoms with Crippen molar-refractivity contribution in [2.45, 2.75) is 13.8 Å². The van der Waals surface area contributed by atoms with Crippen molar-refractivity contribution in [3.8, 4) is 16.3 Å². The van der Waals surface area contributed by atoms with Crippen molar-refractivity contribution in [2.75, 3.05) is 6.61 Å². The average molecular weight is 277 g/mol. The zero-order valence-corrected chi connectivity index (χ0v) is 11.6. The highest BCUT2D eigenvalue weighted by atomic mass is 32.1. The van der Waals surface area contributed by atoms with Crippen molar-refractivity contribution in [1.82, 2.24) is 10.4 Å². The standard InChI is InChI=1S/C13H15N3O2S/c1-3-18-10-6-4-9(5-7-10)13-15-8(2)11(19-13)12(17)16-14/h4-7H,3,14H2,1-2H3,(H,16,17). The second-order valence-corrected chi connectivity index (χ2v) is 4.86. The number of aromatic nitrogens is 1. The van der Waals surface area contributed by atoms with Crippen molar-refractivity contribution >= 4 is 17.2 Å². The maximum absolute atomic E-state index is 11.5. The predicted molar refractivity (Wildman–Crippen MR) is 75.1 cm³/mol. The van der Waals surface area contributed by atoms with E-state index in [9.17, 15) is 4.79 Å². The molecule has 1 amide bonds. The summed E-state index contributed by atoms with van der Waals surface area (Å²) in [7, 11) is 0. The number of carbonyl (C=O) groups excluding carboxylic acids is 1. The summed E-state index contributed by atoms with van der Waals surface area (Å²) in [5.74, 6) is 5.64. The monoisotopic (exact) mass is 277 g/mol. The minimum Gasteiger partial charge on any atom is -0.494 e. The van der Waals surface area contributed by atoms with Gasteiger partial charge in [-0.3, -0.25) is 10.2 Å². The molecule has 0 aliphatic rings. The number of nitrogens with one attached hydrogen (secondary N) is 1. The van der Waals surface area contributed by atoms with Gasteiger partial charge in [0.15, 0.2) is 0 Å². The summed E-state index contributed by atoms with van der Waals surface area (Å²) in [5.41, 5.74) is 3.75. The van der Waals surface area contributed by atoms with Crippen LogP contribution in [0.1, 0.15) is 22.3 Å². The quantitative estimate of drug-likeness (QED) is 0.510. The first kappa shape index (κ1) is 13.5. The Hall–Kier alpha value is -1.92. The maximum Gasteiger partial charge on any atom is 0.277 e. The third kappa shape index (κ3) is 2.91. The zero-order chi connectivity index (χ0) is 13.8. The second-order valence-electron chi connectivity index (χ2n) is 3.86. The third-order valence-electron chi connectivity index (χ3n) is 2.55. The Kier molecular flexibility index (Phi) is 4.13. The van der Waals surface area contributed by atoms with Crippen LogP contribution in [0.5, 0.6) is 5.75 Å². The van der Waals surface area contributed by atoms with Crippen LogP contribution >= 0.6 is 11.3 Å². The molecule has 0 spiro atoms. The number of hydrogen-bond acceptors (Lipinski definition) is 5. The van der Waals surface area contributed by atoms with Crippen LogP contribution in [-0.2, 0) is 0 Å². The topological polar surface area (TPSA) is 77.2 Å². The van der Waals surface area contributed by atoms with E-state index in [0.29, 0.717) is 17.2 Å². The fourth-order valence-electron chi connectivity index (χ4n) is 1.66. The number of hydrazine groups is 1. The van der Waals surface area contributed by atoms with Gasteiger partial charge in [0.1, 0.15) is 15.6 Å². The first-order chi connectivity index (χ1) is 9.15. The Balaban J connectivity index is 2.29. The molecule has 0 unspecified atom stereocenters. The van der Waals surface area contributed by atoms with Crippen LogP contribution in [0, 0.1) is 6.92 Å². The number of benzene rings is 1. The highest BCUT2D eigenvalue weighted by Gasteiger charge is 2.15. The molecule has 0 atom stereocenters. The van der Waals surface area contributed by atoms with Crippen LogP contribution in [0.2, 0.25) is 0 Å². The number of rotatable bonds is 4. The van der Waals surface area contributed by atoms with Gasteiger partial charge >= 0.3 is 0 Å². The molecule has 2 aromatic rings. The highest BCUT2D eigenvalue weighted by molar-refractivity contribution is 7.17. The molecule has 0 fully saturated rings. The molecule has 100 valence electrons. The summed E-state index contributed by atoms with van der Waals surface area (Å²) in [4.78, 5) is 16.5. The summed E-state index contributed by atoms with van der Waals surface area (Å²) in [6.45, 7) is 4.37. The molecule has 0 saturated carbocycles. The molecule has 0 radical (unpaired) electrons. The minimum atomic E-state index is -0.313. The van der Waals surface area contributed by atoms with Crippen molar-refractivity contribution in [3.63, 3.8) is 0 Å². The lowest BCUT2D eigenvalue weighted by Gasteiger charge is -2.02. The molecule has 0 aliphatic heterocycles. The number of nitrogens with zero attached hydrogens (tertiary/aromatic N) is 1. The van der Waals surface area contributed by atoms with Crippen molar-refractivity contribution < 1.29 is 9.53 Å². The molecule has 2 rings (SSSR count). The Morgan fingerprint density at radius 3 is 2.68 bits per heavy atom. The predicted octanol–water partition coefficient (Wildman–Crippen LogP) is 2.12. The van der Waals surface area contributed by atoms with Gasteiger partial charge in [-0.25, -0.2) is 10.8 Å². The summed E-state index contributed by atoms with van der Waals surface area (Å²) < 4.78 is 5.38. The van der Waals surface area contributed by atoms with Gasteiger partial charge in [-0.1, -0.05) is 0 Å². The van der Waals surface area contributed by atoms with Gasteiger partial charge in [0.2, 0.25) is 0 Å². The van der Waals surface area contributed by atoms with E-state index in [1.807, 2.05) is 31.2 Å². The molecular formula is C13H15N3O2S. The number of carbonyl (C=O) groups is 1. The van der Waals surface area contributed by atoms with E-state index >= 15 is 0 Å². The molecule has 0 saturated heterocycles. The summed E-state index contributed by atoms with van der Waals surface area (Å²) in [6, 6.07) is 7.62. The molecule has 1 heterocycles. The van der Waals surface area contributed by atoms with Crippen LogP contribution < -0.4 is 16.0 Å². The van der Waals surface area contributed by atoms with E-state index in [2.05, 4.69) is 10.4 Å². The molecule has 5 nitrogen and oxygen atoms in total. The average Bonchev–Trinajstić information content (AvgIpc) is 2.81. The van der Waals surface area contributed by atoms with Gasteiger partial charge in [-0.15, -0.1) is 11.3 Å². The fraction of sp³-hybridized carbons (Fsp3) is 0.231. The number of aryl methyl sites for hydroxylation is 1. The number of nitrogens with two attached hydrogens (primary N) is 1. The fourth-order valence-corrected chi connectivity index (χ4v) is 2.63. The normalized spacial score (nSPS) is 10.3. The molecule has 3 N–H and O–H groups in total. The Bertz CT molecular complexity index is 578. The van der Waals surface area contributed by atoms with Crippen molar-refractivity contribution in [3.05, 3.63) is 34.8 Å². The van der Waals surface area contributed by atoms with E-state index < -0.39 is 0 Å². The molecule has 6 heteroatoms. The summed E-state index contributed by atoms with van der Waals surface area (Å²) in [6.07, 6.45) is 0. The van der Waals surface area contributed by atoms with Gasteiger partial charge in [-0.05, 0) is 38.1 Å². The van der Waals surface area contributed by atoms with Gasteiger partial charge in [0.05, 0.1) is 12.3 Å². The lowest BCUT2D eigenvalue weighted by Crippen LogP contribution is -2.29. The van der Waals surface area contributed by atoms with Gasteiger partial charge in [0.25, 0.3) is 5.91 Å². The van der Waals surface area contributed by atoms with E-state index in [0.717, 1.165) is 16.3 Å². The second kappa shape index (κ2) is 5.81. The number of amides is 1. The van der Waals surface area contributed by atoms with Gasteiger partial charge in [0, 0.05) is 5.56 Å². The highest BCUT2D eigenvalue weighted by Crippen LogP contribution is 2.29. The molecule has 0 aliphatic carbocycles. The Labute approximate surface area is 115 Å². The van der Waals surface area contributed by atoms with E-state index in [-0.39, 0.29) is 5.91 Å². The van der Waals surface area contributed by atoms with Gasteiger partial charge < -0.3 is 4.74 Å². The lowest BCUT2D eigenvalue weighted by atomic mass is 10.2. The van der Waals surface area contributed by atoms with Crippen LogP contribution in [-0.4, -0.2) is 17.5 Å². The Morgan fingerprint density at radius 1 is 1.42 bits per heavy atom. The van der Waals surface area contributed by atoms with Crippen molar-refractivity contribution in [1.29, 1.82) is 0 Å². The van der Waals surface area contributed by atoms with E-state index in [1.54, 1.807) is 6.92 Å². The SMILES string of the molecule is CCOc1ccc(-c2nc(C)c(C(=O)NN)s2)cc1. The smallest absolute Gasteiger partial charge is 0.277 e. The summed E-state index contributed by atoms with van der Waals surface area (Å²) >= 11 is 1.32. The molecule has 19 heavy (non-hydrogen) atoms. The Morgan fingerprint density at radius 2 is 2.11 bits per heavy atom.